The average Bonchev–Trinajstić information content (AvgIpc) is 3.32. The van der Waals surface area contributed by atoms with Crippen molar-refractivity contribution in [3.05, 3.63) is 29.8 Å². The summed E-state index contributed by atoms with van der Waals surface area (Å²) in [6, 6.07) is 7.84. The highest BCUT2D eigenvalue weighted by Gasteiger charge is 2.27. The Morgan fingerprint density at radius 3 is 2.77 bits per heavy atom. The molecule has 1 aromatic rings. The van der Waals surface area contributed by atoms with Gasteiger partial charge in [0.05, 0.1) is 33.4 Å². The molecule has 2 atom stereocenters. The lowest BCUT2D eigenvalue weighted by Gasteiger charge is -2.22. The number of para-hydroxylation sites is 1. The van der Waals surface area contributed by atoms with Crippen LogP contribution in [-0.4, -0.2) is 44.6 Å². The molecule has 1 unspecified atom stereocenters. The Hall–Kier alpha value is -1.10. The SMILES string of the molecule is CCC[NH+](CC1CC1)C[C@@H](O)COCc1ccccc1OC. The van der Waals surface area contributed by atoms with Crippen molar-refractivity contribution in [2.75, 3.05) is 33.4 Å². The molecule has 22 heavy (non-hydrogen) atoms. The first-order valence-electron chi connectivity index (χ1n) is 8.44. The lowest BCUT2D eigenvalue weighted by Crippen LogP contribution is -3.13. The van der Waals surface area contributed by atoms with E-state index in [9.17, 15) is 5.11 Å². The van der Waals surface area contributed by atoms with E-state index in [1.807, 2.05) is 24.3 Å². The number of methoxy groups -OCH3 is 1. The van der Waals surface area contributed by atoms with E-state index >= 15 is 0 Å². The molecule has 0 aliphatic heterocycles. The zero-order valence-electron chi connectivity index (χ0n) is 13.9. The summed E-state index contributed by atoms with van der Waals surface area (Å²) in [7, 11) is 1.66. The van der Waals surface area contributed by atoms with Gasteiger partial charge in [0.1, 0.15) is 18.4 Å². The van der Waals surface area contributed by atoms with Crippen LogP contribution >= 0.6 is 0 Å². The number of benzene rings is 1. The predicted molar refractivity (Wildman–Crippen MR) is 87.2 cm³/mol. The molecule has 2 N–H and O–H groups in total. The Morgan fingerprint density at radius 2 is 2.09 bits per heavy atom. The molecule has 0 amide bonds. The molecule has 124 valence electrons. The fourth-order valence-electron chi connectivity index (χ4n) is 2.89. The highest BCUT2D eigenvalue weighted by atomic mass is 16.5. The van der Waals surface area contributed by atoms with Gasteiger partial charge < -0.3 is 19.5 Å². The molecule has 1 aromatic carbocycles. The van der Waals surface area contributed by atoms with Crippen LogP contribution in [0.5, 0.6) is 5.75 Å². The summed E-state index contributed by atoms with van der Waals surface area (Å²) in [4.78, 5) is 1.51. The minimum Gasteiger partial charge on any atom is -0.496 e. The van der Waals surface area contributed by atoms with Crippen LogP contribution in [0.1, 0.15) is 31.7 Å². The van der Waals surface area contributed by atoms with Crippen molar-refractivity contribution in [1.82, 2.24) is 0 Å². The van der Waals surface area contributed by atoms with Crippen molar-refractivity contribution in [1.29, 1.82) is 0 Å². The number of ether oxygens (including phenoxy) is 2. The van der Waals surface area contributed by atoms with Crippen molar-refractivity contribution in [3.8, 4) is 5.75 Å². The first-order chi connectivity index (χ1) is 10.7. The number of hydrogen-bond donors (Lipinski definition) is 2. The quantitative estimate of drug-likeness (QED) is 0.647. The molecule has 1 aliphatic carbocycles. The van der Waals surface area contributed by atoms with Gasteiger partial charge in [0.2, 0.25) is 0 Å². The Balaban J connectivity index is 1.70. The zero-order chi connectivity index (χ0) is 15.8. The Labute approximate surface area is 134 Å². The van der Waals surface area contributed by atoms with E-state index in [1.54, 1.807) is 7.11 Å². The van der Waals surface area contributed by atoms with Crippen LogP contribution < -0.4 is 9.64 Å². The second-order valence-electron chi connectivity index (χ2n) is 6.33. The average molecular weight is 308 g/mol. The van der Waals surface area contributed by atoms with Gasteiger partial charge in [-0.2, -0.15) is 0 Å². The molecule has 0 saturated heterocycles. The van der Waals surface area contributed by atoms with E-state index in [-0.39, 0.29) is 0 Å². The van der Waals surface area contributed by atoms with Gasteiger partial charge >= 0.3 is 0 Å². The molecule has 1 fully saturated rings. The highest BCUT2D eigenvalue weighted by molar-refractivity contribution is 5.32. The monoisotopic (exact) mass is 308 g/mol. The van der Waals surface area contributed by atoms with Gasteiger partial charge in [0.15, 0.2) is 0 Å². The normalized spacial score (nSPS) is 17.2. The van der Waals surface area contributed by atoms with Crippen LogP contribution in [0.4, 0.5) is 0 Å². The van der Waals surface area contributed by atoms with E-state index < -0.39 is 6.10 Å². The van der Waals surface area contributed by atoms with Crippen molar-refractivity contribution < 1.29 is 19.5 Å². The van der Waals surface area contributed by atoms with E-state index in [0.717, 1.165) is 36.7 Å². The standard InChI is InChI=1S/C18H29NO3/c1-3-10-19(11-15-8-9-15)12-17(20)14-22-13-16-6-4-5-7-18(16)21-2/h4-7,15,17,20H,3,8-14H2,1-2H3/p+1/t17-/m1/s1. The molecule has 0 radical (unpaired) electrons. The Kier molecular flexibility index (Phi) is 7.16. The third-order valence-corrected chi connectivity index (χ3v) is 4.16. The Bertz CT molecular complexity index is 434. The van der Waals surface area contributed by atoms with E-state index in [2.05, 4.69) is 6.92 Å². The van der Waals surface area contributed by atoms with E-state index in [1.165, 1.54) is 24.3 Å². The maximum absolute atomic E-state index is 10.2. The topological polar surface area (TPSA) is 43.1 Å². The summed E-state index contributed by atoms with van der Waals surface area (Å²) < 4.78 is 11.0. The van der Waals surface area contributed by atoms with Gasteiger partial charge in [-0.25, -0.2) is 0 Å². The number of rotatable bonds is 11. The maximum Gasteiger partial charge on any atom is 0.126 e. The largest absolute Gasteiger partial charge is 0.496 e. The summed E-state index contributed by atoms with van der Waals surface area (Å²) in [6.45, 7) is 6.20. The van der Waals surface area contributed by atoms with Crippen molar-refractivity contribution in [2.45, 2.75) is 38.9 Å². The molecular weight excluding hydrogens is 278 g/mol. The zero-order valence-corrected chi connectivity index (χ0v) is 13.9. The first-order valence-corrected chi connectivity index (χ1v) is 8.44. The minimum absolute atomic E-state index is 0.385. The smallest absolute Gasteiger partial charge is 0.126 e. The van der Waals surface area contributed by atoms with E-state index in [4.69, 9.17) is 9.47 Å². The highest BCUT2D eigenvalue weighted by Crippen LogP contribution is 2.26. The van der Waals surface area contributed by atoms with Gasteiger partial charge in [0, 0.05) is 11.5 Å². The number of quaternary nitrogens is 1. The third-order valence-electron chi connectivity index (χ3n) is 4.16. The fourth-order valence-corrected chi connectivity index (χ4v) is 2.89. The minimum atomic E-state index is -0.394. The predicted octanol–water partition coefficient (Wildman–Crippen LogP) is 1.28. The summed E-state index contributed by atoms with van der Waals surface area (Å²) in [5.74, 6) is 1.73. The fraction of sp³-hybridized carbons (Fsp3) is 0.667. The van der Waals surface area contributed by atoms with Gasteiger partial charge in [-0.15, -0.1) is 0 Å². The number of aliphatic hydroxyl groups excluding tert-OH is 1. The summed E-state index contributed by atoms with van der Waals surface area (Å²) in [5, 5.41) is 10.2. The Morgan fingerprint density at radius 1 is 1.32 bits per heavy atom. The molecular formula is C18H30NO3+. The molecule has 0 heterocycles. The lowest BCUT2D eigenvalue weighted by atomic mass is 10.2. The molecule has 0 aromatic heterocycles. The van der Waals surface area contributed by atoms with Crippen LogP contribution in [0.3, 0.4) is 0 Å². The van der Waals surface area contributed by atoms with Gasteiger partial charge in [-0.1, -0.05) is 25.1 Å². The molecule has 4 nitrogen and oxygen atoms in total. The van der Waals surface area contributed by atoms with Crippen LogP contribution in [0, 0.1) is 5.92 Å². The number of hydrogen-bond acceptors (Lipinski definition) is 3. The second-order valence-corrected chi connectivity index (χ2v) is 6.33. The summed E-state index contributed by atoms with van der Waals surface area (Å²) >= 11 is 0. The summed E-state index contributed by atoms with van der Waals surface area (Å²) in [6.07, 6.45) is 3.51. The van der Waals surface area contributed by atoms with Gasteiger partial charge in [0.25, 0.3) is 0 Å². The summed E-state index contributed by atoms with van der Waals surface area (Å²) in [5.41, 5.74) is 1.02. The third kappa shape index (κ3) is 5.95. The number of aliphatic hydroxyl groups is 1. The number of nitrogens with one attached hydrogen (secondary N) is 1. The molecule has 0 spiro atoms. The van der Waals surface area contributed by atoms with Gasteiger partial charge in [-0.05, 0) is 25.3 Å². The van der Waals surface area contributed by atoms with Crippen molar-refractivity contribution in [2.24, 2.45) is 5.92 Å². The molecule has 1 aliphatic rings. The molecule has 4 heteroatoms. The van der Waals surface area contributed by atoms with Gasteiger partial charge in [-0.3, -0.25) is 0 Å². The van der Waals surface area contributed by atoms with Crippen LogP contribution in [-0.2, 0) is 11.3 Å². The van der Waals surface area contributed by atoms with Crippen LogP contribution in [0.15, 0.2) is 24.3 Å². The van der Waals surface area contributed by atoms with Crippen molar-refractivity contribution >= 4 is 0 Å². The molecule has 1 saturated carbocycles. The van der Waals surface area contributed by atoms with E-state index in [0.29, 0.717) is 13.2 Å². The lowest BCUT2D eigenvalue weighted by molar-refractivity contribution is -0.905. The van der Waals surface area contributed by atoms with Crippen molar-refractivity contribution in [3.63, 3.8) is 0 Å². The van der Waals surface area contributed by atoms with Crippen LogP contribution in [0.25, 0.3) is 0 Å². The molecule has 0 bridgehead atoms. The maximum atomic E-state index is 10.2. The van der Waals surface area contributed by atoms with Crippen LogP contribution in [0.2, 0.25) is 0 Å². The second kappa shape index (κ2) is 9.13. The first kappa shape index (κ1) is 17.3. The molecule has 2 rings (SSSR count).